The SMILES string of the molecule is CCc1ccc(NC(=O)N[C@H]2CC(=O)N(c3ccccc3)C2)cc1. The van der Waals surface area contributed by atoms with Gasteiger partial charge in [0.2, 0.25) is 5.91 Å². The van der Waals surface area contributed by atoms with Crippen molar-refractivity contribution in [2.75, 3.05) is 16.8 Å². The standard InChI is InChI=1S/C19H21N3O2/c1-2-14-8-10-15(11-9-14)20-19(24)21-16-12-18(23)22(13-16)17-6-4-3-5-7-17/h3-11,16H,2,12-13H2,1H3,(H2,20,21,24)/t16-/m0/s1. The third-order valence-corrected chi connectivity index (χ3v) is 4.15. The molecule has 124 valence electrons. The normalized spacial score (nSPS) is 17.0. The Morgan fingerprint density at radius 3 is 2.50 bits per heavy atom. The molecule has 0 unspecified atom stereocenters. The Morgan fingerprint density at radius 2 is 1.83 bits per heavy atom. The van der Waals surface area contributed by atoms with Crippen LogP contribution in [0.1, 0.15) is 18.9 Å². The van der Waals surface area contributed by atoms with Crippen molar-refractivity contribution in [1.29, 1.82) is 0 Å². The fourth-order valence-corrected chi connectivity index (χ4v) is 2.84. The quantitative estimate of drug-likeness (QED) is 0.908. The number of carbonyl (C=O) groups is 2. The molecule has 0 saturated carbocycles. The van der Waals surface area contributed by atoms with Crippen molar-refractivity contribution < 1.29 is 9.59 Å². The molecular weight excluding hydrogens is 302 g/mol. The van der Waals surface area contributed by atoms with Gasteiger partial charge in [-0.1, -0.05) is 37.3 Å². The number of anilines is 2. The van der Waals surface area contributed by atoms with Gasteiger partial charge in [0.1, 0.15) is 0 Å². The molecule has 24 heavy (non-hydrogen) atoms. The molecule has 2 aromatic rings. The van der Waals surface area contributed by atoms with Gasteiger partial charge in [0.15, 0.2) is 0 Å². The topological polar surface area (TPSA) is 61.4 Å². The molecule has 0 aliphatic carbocycles. The van der Waals surface area contributed by atoms with Crippen LogP contribution < -0.4 is 15.5 Å². The van der Waals surface area contributed by atoms with Crippen molar-refractivity contribution in [2.45, 2.75) is 25.8 Å². The lowest BCUT2D eigenvalue weighted by atomic mass is 10.1. The van der Waals surface area contributed by atoms with Crippen LogP contribution in [0.4, 0.5) is 16.2 Å². The van der Waals surface area contributed by atoms with E-state index in [0.29, 0.717) is 13.0 Å². The molecule has 5 nitrogen and oxygen atoms in total. The first kappa shape index (κ1) is 16.1. The van der Waals surface area contributed by atoms with Crippen molar-refractivity contribution in [1.82, 2.24) is 5.32 Å². The molecule has 3 amide bonds. The molecular formula is C19H21N3O2. The summed E-state index contributed by atoms with van der Waals surface area (Å²) in [7, 11) is 0. The van der Waals surface area contributed by atoms with E-state index in [1.54, 1.807) is 4.90 Å². The largest absolute Gasteiger partial charge is 0.333 e. The molecule has 2 aromatic carbocycles. The van der Waals surface area contributed by atoms with Gasteiger partial charge >= 0.3 is 6.03 Å². The van der Waals surface area contributed by atoms with E-state index >= 15 is 0 Å². The molecule has 0 aromatic heterocycles. The summed E-state index contributed by atoms with van der Waals surface area (Å²) in [6.45, 7) is 2.58. The van der Waals surface area contributed by atoms with Crippen molar-refractivity contribution >= 4 is 23.3 Å². The molecule has 0 spiro atoms. The van der Waals surface area contributed by atoms with Crippen molar-refractivity contribution in [3.8, 4) is 0 Å². The van der Waals surface area contributed by atoms with Crippen LogP contribution in [-0.2, 0) is 11.2 Å². The van der Waals surface area contributed by atoms with Gasteiger partial charge in [0, 0.05) is 24.3 Å². The monoisotopic (exact) mass is 323 g/mol. The molecule has 1 fully saturated rings. The predicted molar refractivity (Wildman–Crippen MR) is 95.2 cm³/mol. The van der Waals surface area contributed by atoms with E-state index in [2.05, 4.69) is 17.6 Å². The number of hydrogen-bond acceptors (Lipinski definition) is 2. The molecule has 1 aliphatic heterocycles. The van der Waals surface area contributed by atoms with Gasteiger partial charge in [-0.05, 0) is 36.2 Å². The summed E-state index contributed by atoms with van der Waals surface area (Å²) in [6, 6.07) is 16.8. The average Bonchev–Trinajstić information content (AvgIpc) is 2.96. The number of rotatable bonds is 4. The van der Waals surface area contributed by atoms with Crippen LogP contribution >= 0.6 is 0 Å². The molecule has 1 atom stereocenters. The first-order valence-corrected chi connectivity index (χ1v) is 8.17. The lowest BCUT2D eigenvalue weighted by molar-refractivity contribution is -0.117. The summed E-state index contributed by atoms with van der Waals surface area (Å²) in [5.41, 5.74) is 2.83. The Kier molecular flexibility index (Phi) is 4.79. The number of carbonyl (C=O) groups excluding carboxylic acids is 2. The molecule has 0 radical (unpaired) electrons. The Morgan fingerprint density at radius 1 is 1.12 bits per heavy atom. The lowest BCUT2D eigenvalue weighted by Gasteiger charge is -2.17. The smallest absolute Gasteiger partial charge is 0.319 e. The fraction of sp³-hybridized carbons (Fsp3) is 0.263. The number of benzene rings is 2. The van der Waals surface area contributed by atoms with Gasteiger partial charge in [-0.15, -0.1) is 0 Å². The molecule has 2 N–H and O–H groups in total. The van der Waals surface area contributed by atoms with Crippen LogP contribution in [0.3, 0.4) is 0 Å². The second-order valence-electron chi connectivity index (χ2n) is 5.89. The van der Waals surface area contributed by atoms with Crippen molar-refractivity contribution in [3.63, 3.8) is 0 Å². The summed E-state index contributed by atoms with van der Waals surface area (Å²) in [4.78, 5) is 26.0. The fourth-order valence-electron chi connectivity index (χ4n) is 2.84. The third kappa shape index (κ3) is 3.74. The Hall–Kier alpha value is -2.82. The Balaban J connectivity index is 1.56. The minimum atomic E-state index is -0.285. The van der Waals surface area contributed by atoms with Crippen molar-refractivity contribution in [3.05, 3.63) is 60.2 Å². The van der Waals surface area contributed by atoms with Gasteiger partial charge < -0.3 is 15.5 Å². The number of nitrogens with one attached hydrogen (secondary N) is 2. The van der Waals surface area contributed by atoms with Gasteiger partial charge in [0.05, 0.1) is 6.04 Å². The van der Waals surface area contributed by atoms with Gasteiger partial charge in [-0.25, -0.2) is 4.79 Å². The van der Waals surface area contributed by atoms with Crippen LogP contribution in [0.25, 0.3) is 0 Å². The van der Waals surface area contributed by atoms with E-state index in [4.69, 9.17) is 0 Å². The van der Waals surface area contributed by atoms with Gasteiger partial charge in [-0.2, -0.15) is 0 Å². The van der Waals surface area contributed by atoms with E-state index in [0.717, 1.165) is 17.8 Å². The molecule has 1 heterocycles. The zero-order valence-electron chi connectivity index (χ0n) is 13.7. The van der Waals surface area contributed by atoms with E-state index in [1.807, 2.05) is 54.6 Å². The number of hydrogen-bond donors (Lipinski definition) is 2. The maximum Gasteiger partial charge on any atom is 0.319 e. The highest BCUT2D eigenvalue weighted by molar-refractivity contribution is 5.97. The highest BCUT2D eigenvalue weighted by atomic mass is 16.2. The number of amides is 3. The summed E-state index contributed by atoms with van der Waals surface area (Å²) in [5, 5.41) is 5.68. The summed E-state index contributed by atoms with van der Waals surface area (Å²) >= 11 is 0. The first-order valence-electron chi connectivity index (χ1n) is 8.17. The predicted octanol–water partition coefficient (Wildman–Crippen LogP) is 3.18. The maximum atomic E-state index is 12.1. The second kappa shape index (κ2) is 7.17. The van der Waals surface area contributed by atoms with Gasteiger partial charge in [-0.3, -0.25) is 4.79 Å². The summed E-state index contributed by atoms with van der Waals surface area (Å²) in [6.07, 6.45) is 1.28. The summed E-state index contributed by atoms with van der Waals surface area (Å²) in [5.74, 6) is 0.0267. The van der Waals surface area contributed by atoms with Crippen molar-refractivity contribution in [2.24, 2.45) is 0 Å². The number of aryl methyl sites for hydroxylation is 1. The maximum absolute atomic E-state index is 12.1. The summed E-state index contributed by atoms with van der Waals surface area (Å²) < 4.78 is 0. The number of para-hydroxylation sites is 1. The van der Waals surface area contributed by atoms with Crippen LogP contribution in [0.2, 0.25) is 0 Å². The van der Waals surface area contributed by atoms with E-state index in [9.17, 15) is 9.59 Å². The number of nitrogens with zero attached hydrogens (tertiary/aromatic N) is 1. The van der Waals surface area contributed by atoms with E-state index in [-0.39, 0.29) is 18.0 Å². The zero-order valence-corrected chi connectivity index (χ0v) is 13.7. The molecule has 1 saturated heterocycles. The Labute approximate surface area is 141 Å². The van der Waals surface area contributed by atoms with Crippen LogP contribution in [0.15, 0.2) is 54.6 Å². The van der Waals surface area contributed by atoms with E-state index in [1.165, 1.54) is 5.56 Å². The minimum absolute atomic E-state index is 0.0267. The van der Waals surface area contributed by atoms with E-state index < -0.39 is 0 Å². The molecule has 3 rings (SSSR count). The first-order chi connectivity index (χ1) is 11.7. The minimum Gasteiger partial charge on any atom is -0.333 e. The third-order valence-electron chi connectivity index (χ3n) is 4.15. The highest BCUT2D eigenvalue weighted by Gasteiger charge is 2.31. The molecule has 0 bridgehead atoms. The second-order valence-corrected chi connectivity index (χ2v) is 5.89. The zero-order chi connectivity index (χ0) is 16.9. The van der Waals surface area contributed by atoms with Crippen LogP contribution in [0, 0.1) is 0 Å². The van der Waals surface area contributed by atoms with Gasteiger partial charge in [0.25, 0.3) is 0 Å². The average molecular weight is 323 g/mol. The number of urea groups is 1. The lowest BCUT2D eigenvalue weighted by Crippen LogP contribution is -2.39. The van der Waals surface area contributed by atoms with Crippen LogP contribution in [-0.4, -0.2) is 24.5 Å². The Bertz CT molecular complexity index is 713. The molecule has 1 aliphatic rings. The molecule has 5 heteroatoms. The highest BCUT2D eigenvalue weighted by Crippen LogP contribution is 2.21. The van der Waals surface area contributed by atoms with Crippen LogP contribution in [0.5, 0.6) is 0 Å².